The zero-order chi connectivity index (χ0) is 8.15. The van der Waals surface area contributed by atoms with Crippen LogP contribution in [0.4, 0.5) is 0 Å². The second-order valence-corrected chi connectivity index (χ2v) is 6.64. The van der Waals surface area contributed by atoms with Crippen molar-refractivity contribution in [2.24, 2.45) is 11.8 Å². The SMILES string of the molecule is CC(C)[CH2][AlH][CH](C)C(C)C. The van der Waals surface area contributed by atoms with Crippen LogP contribution in [0.25, 0.3) is 0 Å². The highest BCUT2D eigenvalue weighted by Crippen LogP contribution is 2.17. The largest absolute Gasteiger partial charge is 0.241 e. The highest BCUT2D eigenvalue weighted by molar-refractivity contribution is 6.37. The smallest absolute Gasteiger partial charge is 0.0948 e. The summed E-state index contributed by atoms with van der Waals surface area (Å²) in [6.07, 6.45) is 0. The lowest BCUT2D eigenvalue weighted by Gasteiger charge is -2.13. The quantitative estimate of drug-likeness (QED) is 0.549. The minimum absolute atomic E-state index is 0.241. The molecule has 0 bridgehead atoms. The molecule has 0 aliphatic carbocycles. The Bertz CT molecular complexity index is 76.8. The van der Waals surface area contributed by atoms with Gasteiger partial charge in [0.15, 0.2) is 0 Å². The molecule has 0 spiro atoms. The summed E-state index contributed by atoms with van der Waals surface area (Å²) in [4.78, 5) is 0. The fourth-order valence-electron chi connectivity index (χ4n) is 0.930. The van der Waals surface area contributed by atoms with E-state index in [2.05, 4.69) is 34.6 Å². The van der Waals surface area contributed by atoms with E-state index in [0.717, 1.165) is 16.6 Å². The van der Waals surface area contributed by atoms with Crippen LogP contribution in [0.3, 0.4) is 0 Å². The Labute approximate surface area is 72.1 Å². The molecule has 0 heterocycles. The maximum atomic E-state index is 2.42. The summed E-state index contributed by atoms with van der Waals surface area (Å²) < 4.78 is 1.04. The molecule has 1 heteroatoms. The number of hydrogen-bond acceptors (Lipinski definition) is 0. The van der Waals surface area contributed by atoms with Crippen molar-refractivity contribution in [3.63, 3.8) is 0 Å². The van der Waals surface area contributed by atoms with Gasteiger partial charge in [0.25, 0.3) is 0 Å². The molecule has 0 nitrogen and oxygen atoms in total. The molecule has 1 atom stereocenters. The van der Waals surface area contributed by atoms with Gasteiger partial charge in [-0.25, -0.2) is 0 Å². The second-order valence-electron chi connectivity index (χ2n) is 4.19. The maximum Gasteiger partial charge on any atom is 0.241 e. The van der Waals surface area contributed by atoms with E-state index in [1.807, 2.05) is 0 Å². The van der Waals surface area contributed by atoms with Gasteiger partial charge >= 0.3 is 0 Å². The first-order valence-electron chi connectivity index (χ1n) is 4.54. The van der Waals surface area contributed by atoms with Crippen molar-refractivity contribution in [3.05, 3.63) is 0 Å². The molecule has 60 valence electrons. The van der Waals surface area contributed by atoms with Gasteiger partial charge in [0.05, 0.1) is 0 Å². The van der Waals surface area contributed by atoms with Crippen molar-refractivity contribution < 1.29 is 0 Å². The Hall–Kier alpha value is 0.532. The molecule has 10 heavy (non-hydrogen) atoms. The van der Waals surface area contributed by atoms with E-state index >= 15 is 0 Å². The van der Waals surface area contributed by atoms with Crippen LogP contribution in [0.1, 0.15) is 34.6 Å². The van der Waals surface area contributed by atoms with Crippen LogP contribution in [0.2, 0.25) is 10.1 Å². The molecule has 0 fully saturated rings. The Morgan fingerprint density at radius 1 is 1.00 bits per heavy atom. The topological polar surface area (TPSA) is 0 Å². The Morgan fingerprint density at radius 2 is 1.50 bits per heavy atom. The molecule has 1 unspecified atom stereocenters. The summed E-state index contributed by atoms with van der Waals surface area (Å²) in [7, 11) is 0. The molecule has 0 radical (unpaired) electrons. The van der Waals surface area contributed by atoms with Gasteiger partial charge in [0.2, 0.25) is 15.2 Å². The average Bonchev–Trinajstić information content (AvgIpc) is 1.82. The molecule has 0 aromatic rings. The predicted octanol–water partition coefficient (Wildman–Crippen LogP) is 2.96. The summed E-state index contributed by atoms with van der Waals surface area (Å²) in [6.45, 7) is 11.8. The summed E-state index contributed by atoms with van der Waals surface area (Å²) in [5.74, 6) is 1.86. The first-order valence-corrected chi connectivity index (χ1v) is 6.35. The third kappa shape index (κ3) is 5.33. The third-order valence-corrected chi connectivity index (χ3v) is 5.68. The van der Waals surface area contributed by atoms with E-state index in [0.29, 0.717) is 0 Å². The van der Waals surface area contributed by atoms with Crippen LogP contribution in [0.5, 0.6) is 0 Å². The van der Waals surface area contributed by atoms with E-state index < -0.39 is 0 Å². The van der Waals surface area contributed by atoms with Crippen molar-refractivity contribution in [1.82, 2.24) is 0 Å². The van der Waals surface area contributed by atoms with Gasteiger partial charge < -0.3 is 0 Å². The Morgan fingerprint density at radius 3 is 1.80 bits per heavy atom. The molecule has 0 aromatic heterocycles. The zero-order valence-electron chi connectivity index (χ0n) is 8.15. The summed E-state index contributed by atoms with van der Waals surface area (Å²) in [5.41, 5.74) is 0. The lowest BCUT2D eigenvalue weighted by molar-refractivity contribution is 0.609. The van der Waals surface area contributed by atoms with Gasteiger partial charge in [0.1, 0.15) is 0 Å². The standard InChI is InChI=1S/C5H11.C4H9.Al.H/c1-4-5(2)3;1-4(2)3;;/h4-5H,1-3H3;4H,1H2,2-3H3;;. The number of hydrogen-bond donors (Lipinski definition) is 0. The van der Waals surface area contributed by atoms with Gasteiger partial charge in [0, 0.05) is 0 Å². The predicted molar refractivity (Wildman–Crippen MR) is 51.1 cm³/mol. The Kier molecular flexibility index (Phi) is 5.50. The van der Waals surface area contributed by atoms with Gasteiger partial charge in [-0.1, -0.05) is 56.5 Å². The minimum Gasteiger partial charge on any atom is -0.0948 e. The summed E-state index contributed by atoms with van der Waals surface area (Å²) in [5, 5.41) is 1.53. The van der Waals surface area contributed by atoms with Gasteiger partial charge in [-0.3, -0.25) is 0 Å². The molecule has 0 saturated heterocycles. The van der Waals surface area contributed by atoms with Crippen molar-refractivity contribution in [2.45, 2.75) is 44.7 Å². The monoisotopic (exact) mass is 156 g/mol. The zero-order valence-corrected chi connectivity index (χ0v) is 9.56. The van der Waals surface area contributed by atoms with Crippen LogP contribution >= 0.6 is 0 Å². The van der Waals surface area contributed by atoms with E-state index in [9.17, 15) is 0 Å². The lowest BCUT2D eigenvalue weighted by atomic mass is 10.1. The highest BCUT2D eigenvalue weighted by atomic mass is 27.1. The Balaban J connectivity index is 3.30. The molecule has 0 aliphatic rings. The molecular formula is C9H21Al. The van der Waals surface area contributed by atoms with E-state index in [-0.39, 0.29) is 15.2 Å². The fourth-order valence-corrected chi connectivity index (χ4v) is 2.79. The lowest BCUT2D eigenvalue weighted by Crippen LogP contribution is -2.08. The normalized spacial score (nSPS) is 14.3. The number of rotatable bonds is 4. The molecule has 0 N–H and O–H groups in total. The van der Waals surface area contributed by atoms with Crippen LogP contribution in [-0.2, 0) is 0 Å². The molecule has 0 saturated carbocycles. The van der Waals surface area contributed by atoms with Crippen molar-refractivity contribution in [2.75, 3.05) is 0 Å². The molecule has 0 rings (SSSR count). The minimum atomic E-state index is 0.241. The molecule has 0 aliphatic heterocycles. The van der Waals surface area contributed by atoms with Crippen LogP contribution in [0.15, 0.2) is 0 Å². The van der Waals surface area contributed by atoms with Crippen LogP contribution < -0.4 is 0 Å². The van der Waals surface area contributed by atoms with Gasteiger partial charge in [-0.15, -0.1) is 0 Å². The van der Waals surface area contributed by atoms with Crippen LogP contribution in [0, 0.1) is 11.8 Å². The maximum absolute atomic E-state index is 2.42. The van der Waals surface area contributed by atoms with Crippen molar-refractivity contribution in [1.29, 1.82) is 0 Å². The van der Waals surface area contributed by atoms with E-state index in [1.165, 1.54) is 5.28 Å². The van der Waals surface area contributed by atoms with Gasteiger partial charge in [-0.05, 0) is 0 Å². The third-order valence-electron chi connectivity index (χ3n) is 2.34. The first-order chi connectivity index (χ1) is 4.54. The second kappa shape index (κ2) is 5.22. The van der Waals surface area contributed by atoms with Crippen molar-refractivity contribution >= 4 is 15.2 Å². The van der Waals surface area contributed by atoms with Gasteiger partial charge in [-0.2, -0.15) is 0 Å². The fraction of sp³-hybridized carbons (Fsp3) is 1.00. The molecule has 0 amide bonds. The first kappa shape index (κ1) is 10.5. The summed E-state index contributed by atoms with van der Waals surface area (Å²) in [6, 6.07) is 0. The van der Waals surface area contributed by atoms with Crippen LogP contribution in [-0.4, -0.2) is 15.2 Å². The van der Waals surface area contributed by atoms with Crippen molar-refractivity contribution in [3.8, 4) is 0 Å². The molecule has 0 aromatic carbocycles. The average molecular weight is 156 g/mol. The highest BCUT2D eigenvalue weighted by Gasteiger charge is 2.10. The summed E-state index contributed by atoms with van der Waals surface area (Å²) >= 11 is 0.241. The molecular weight excluding hydrogens is 135 g/mol. The van der Waals surface area contributed by atoms with E-state index in [1.54, 1.807) is 0 Å². The van der Waals surface area contributed by atoms with E-state index in [4.69, 9.17) is 0 Å².